The molecule has 0 aliphatic rings. The first-order chi connectivity index (χ1) is 29.4. The molecule has 0 atom stereocenters. The van der Waals surface area contributed by atoms with Crippen LogP contribution in [-0.4, -0.2) is 24.1 Å². The molecule has 11 rings (SSSR count). The highest BCUT2D eigenvalue weighted by Crippen LogP contribution is 2.41. The van der Waals surface area contributed by atoms with Gasteiger partial charge >= 0.3 is 0 Å². The Bertz CT molecular complexity index is 3290. The smallest absolute Gasteiger partial charge is 0.166 e. The van der Waals surface area contributed by atoms with Gasteiger partial charge in [-0.05, 0) is 100.0 Å². The van der Waals surface area contributed by atoms with Crippen molar-refractivity contribution in [3.63, 3.8) is 0 Å². The topological polar surface area (TPSA) is 48.5 Å². The zero-order valence-electron chi connectivity index (χ0n) is 34.0. The largest absolute Gasteiger partial charge is 0.309 e. The van der Waals surface area contributed by atoms with Crippen molar-refractivity contribution in [3.8, 4) is 56.7 Å². The second kappa shape index (κ2) is 14.0. The molecule has 60 heavy (non-hydrogen) atoms. The molecule has 0 spiro atoms. The van der Waals surface area contributed by atoms with Gasteiger partial charge in [0.2, 0.25) is 0 Å². The molecule has 5 nitrogen and oxygen atoms in total. The molecule has 8 aromatic carbocycles. The van der Waals surface area contributed by atoms with Crippen molar-refractivity contribution in [1.82, 2.24) is 24.1 Å². The molecule has 0 amide bonds. The molecule has 0 aliphatic carbocycles. The van der Waals surface area contributed by atoms with Crippen LogP contribution in [0.5, 0.6) is 0 Å². The average Bonchev–Trinajstić information content (AvgIpc) is 3.77. The SMILES string of the molecule is Cc1ccc2c(c1)c1cc(C)ccc1n2-c1ccccc1-c1ccc(-n2c3ccc(C)cc3c3cc(C)ccc32)c(-c2nc(-c3ccccc3)nc(-c3ccccc3)n2)c1. The summed E-state index contributed by atoms with van der Waals surface area (Å²) in [5.74, 6) is 1.86. The van der Waals surface area contributed by atoms with Crippen molar-refractivity contribution < 1.29 is 0 Å². The summed E-state index contributed by atoms with van der Waals surface area (Å²) in [5, 5.41) is 4.94. The van der Waals surface area contributed by atoms with Crippen molar-refractivity contribution in [2.24, 2.45) is 0 Å². The molecule has 3 aromatic heterocycles. The average molecular weight is 772 g/mol. The highest BCUT2D eigenvalue weighted by Gasteiger charge is 2.22. The molecule has 0 fully saturated rings. The van der Waals surface area contributed by atoms with E-state index in [1.54, 1.807) is 0 Å². The fourth-order valence-corrected chi connectivity index (χ4v) is 8.94. The minimum atomic E-state index is 0.606. The number of hydrogen-bond acceptors (Lipinski definition) is 3. The molecule has 0 radical (unpaired) electrons. The van der Waals surface area contributed by atoms with E-state index in [0.29, 0.717) is 17.5 Å². The van der Waals surface area contributed by atoms with Crippen LogP contribution in [0.1, 0.15) is 22.3 Å². The summed E-state index contributed by atoms with van der Waals surface area (Å²) in [6, 6.07) is 63.1. The van der Waals surface area contributed by atoms with E-state index >= 15 is 0 Å². The van der Waals surface area contributed by atoms with Crippen molar-refractivity contribution >= 4 is 43.6 Å². The monoisotopic (exact) mass is 771 g/mol. The van der Waals surface area contributed by atoms with Gasteiger partial charge < -0.3 is 9.13 Å². The number of fused-ring (bicyclic) bond motifs is 6. The Balaban J connectivity index is 1.22. The maximum Gasteiger partial charge on any atom is 0.166 e. The standard InChI is InChI=1S/C55H41N5/c1-34-19-24-48-42(29-34)43-30-35(2)20-25-49(43)59(48)47-18-12-11-17-41(47)40-23-28-52(60-50-26-21-36(3)31-44(50)45-32-37(4)22-27-51(45)60)46(33-40)55-57-53(38-13-7-5-8-14-38)56-54(58-55)39-15-9-6-10-16-39/h5-33H,1-4H3. The lowest BCUT2D eigenvalue weighted by Gasteiger charge is -2.18. The van der Waals surface area contributed by atoms with Crippen LogP contribution in [0.4, 0.5) is 0 Å². The van der Waals surface area contributed by atoms with Crippen molar-refractivity contribution in [3.05, 3.63) is 198 Å². The van der Waals surface area contributed by atoms with Crippen LogP contribution in [0.3, 0.4) is 0 Å². The van der Waals surface area contributed by atoms with Gasteiger partial charge in [0.15, 0.2) is 17.5 Å². The first kappa shape index (κ1) is 35.5. The molecule has 0 N–H and O–H groups in total. The summed E-state index contributed by atoms with van der Waals surface area (Å²) in [6.07, 6.45) is 0. The Kier molecular flexibility index (Phi) is 8.31. The van der Waals surface area contributed by atoms with Crippen molar-refractivity contribution in [1.29, 1.82) is 0 Å². The highest BCUT2D eigenvalue weighted by atomic mass is 15.1. The summed E-state index contributed by atoms with van der Waals surface area (Å²) in [5.41, 5.74) is 16.6. The van der Waals surface area contributed by atoms with Gasteiger partial charge in [0.1, 0.15) is 0 Å². The van der Waals surface area contributed by atoms with E-state index in [9.17, 15) is 0 Å². The third-order valence-corrected chi connectivity index (χ3v) is 11.8. The van der Waals surface area contributed by atoms with Gasteiger partial charge in [0.25, 0.3) is 0 Å². The number of nitrogens with zero attached hydrogens (tertiary/aromatic N) is 5. The number of rotatable bonds is 6. The van der Waals surface area contributed by atoms with Crippen molar-refractivity contribution in [2.75, 3.05) is 0 Å². The second-order valence-corrected chi connectivity index (χ2v) is 16.0. The predicted molar refractivity (Wildman–Crippen MR) is 249 cm³/mol. The van der Waals surface area contributed by atoms with Gasteiger partial charge in [0.05, 0.1) is 33.4 Å². The van der Waals surface area contributed by atoms with E-state index in [1.807, 2.05) is 36.4 Å². The molecule has 0 saturated carbocycles. The van der Waals surface area contributed by atoms with E-state index in [1.165, 1.54) is 54.8 Å². The predicted octanol–water partition coefficient (Wildman–Crippen LogP) is 14.0. The third-order valence-electron chi connectivity index (χ3n) is 11.8. The van der Waals surface area contributed by atoms with Gasteiger partial charge in [0, 0.05) is 43.8 Å². The first-order valence-electron chi connectivity index (χ1n) is 20.5. The molecular weight excluding hydrogens is 731 g/mol. The molecular formula is C55H41N5. The van der Waals surface area contributed by atoms with Gasteiger partial charge in [-0.3, -0.25) is 0 Å². The molecule has 0 aliphatic heterocycles. The summed E-state index contributed by atoms with van der Waals surface area (Å²) in [6.45, 7) is 8.66. The fourth-order valence-electron chi connectivity index (χ4n) is 8.94. The van der Waals surface area contributed by atoms with Gasteiger partial charge in [-0.15, -0.1) is 0 Å². The zero-order valence-corrected chi connectivity index (χ0v) is 34.0. The van der Waals surface area contributed by atoms with Crippen LogP contribution in [0.15, 0.2) is 176 Å². The lowest BCUT2D eigenvalue weighted by Crippen LogP contribution is -2.04. The zero-order chi connectivity index (χ0) is 40.5. The Morgan fingerprint density at radius 3 is 1.13 bits per heavy atom. The van der Waals surface area contributed by atoms with Crippen LogP contribution < -0.4 is 0 Å². The highest BCUT2D eigenvalue weighted by molar-refractivity contribution is 6.11. The minimum absolute atomic E-state index is 0.606. The van der Waals surface area contributed by atoms with E-state index in [-0.39, 0.29) is 0 Å². The maximum atomic E-state index is 5.32. The molecule has 3 heterocycles. The summed E-state index contributed by atoms with van der Waals surface area (Å²) in [7, 11) is 0. The molecule has 5 heteroatoms. The maximum absolute atomic E-state index is 5.32. The minimum Gasteiger partial charge on any atom is -0.309 e. The van der Waals surface area contributed by atoms with Crippen molar-refractivity contribution in [2.45, 2.75) is 27.7 Å². The number of para-hydroxylation sites is 1. The second-order valence-electron chi connectivity index (χ2n) is 16.0. The van der Waals surface area contributed by atoms with Crippen LogP contribution in [0.2, 0.25) is 0 Å². The fraction of sp³-hybridized carbons (Fsp3) is 0.0727. The van der Waals surface area contributed by atoms with Crippen LogP contribution in [-0.2, 0) is 0 Å². The van der Waals surface area contributed by atoms with E-state index in [2.05, 4.69) is 176 Å². The molecule has 0 bridgehead atoms. The van der Waals surface area contributed by atoms with Gasteiger partial charge in [-0.2, -0.15) is 0 Å². The number of benzene rings is 8. The summed E-state index contributed by atoms with van der Waals surface area (Å²) >= 11 is 0. The number of aromatic nitrogens is 5. The molecule has 11 aromatic rings. The third kappa shape index (κ3) is 5.89. The first-order valence-corrected chi connectivity index (χ1v) is 20.5. The molecule has 286 valence electrons. The lowest BCUT2D eigenvalue weighted by atomic mass is 9.99. The summed E-state index contributed by atoms with van der Waals surface area (Å²) < 4.78 is 4.81. The van der Waals surface area contributed by atoms with Crippen LogP contribution >= 0.6 is 0 Å². The lowest BCUT2D eigenvalue weighted by molar-refractivity contribution is 1.06. The number of hydrogen-bond donors (Lipinski definition) is 0. The Morgan fingerprint density at radius 2 is 0.683 bits per heavy atom. The van der Waals surface area contributed by atoms with Crippen LogP contribution in [0, 0.1) is 27.7 Å². The summed E-state index contributed by atoms with van der Waals surface area (Å²) in [4.78, 5) is 15.7. The van der Waals surface area contributed by atoms with E-state index < -0.39 is 0 Å². The van der Waals surface area contributed by atoms with Crippen LogP contribution in [0.25, 0.3) is 100 Å². The molecule has 0 saturated heterocycles. The van der Waals surface area contributed by atoms with E-state index in [0.717, 1.165) is 50.2 Å². The number of aryl methyl sites for hydroxylation is 4. The van der Waals surface area contributed by atoms with Gasteiger partial charge in [-0.25, -0.2) is 15.0 Å². The molecule has 0 unspecified atom stereocenters. The Labute approximate surface area is 348 Å². The van der Waals surface area contributed by atoms with Gasteiger partial charge in [-0.1, -0.05) is 131 Å². The normalized spacial score (nSPS) is 11.7. The van der Waals surface area contributed by atoms with E-state index in [4.69, 9.17) is 15.0 Å². The quantitative estimate of drug-likeness (QED) is 0.169. The Morgan fingerprint density at radius 1 is 0.300 bits per heavy atom. The Hall–Kier alpha value is -7.63.